The van der Waals surface area contributed by atoms with Crippen molar-refractivity contribution in [2.75, 3.05) is 19.6 Å². The minimum Gasteiger partial charge on any atom is -0.357 e. The lowest BCUT2D eigenvalue weighted by atomic mass is 10.4. The molecule has 0 aromatic carbocycles. The number of hydrogen-bond donors (Lipinski definition) is 2. The lowest BCUT2D eigenvalue weighted by Crippen LogP contribution is -2.39. The molecule has 0 aliphatic carbocycles. The summed E-state index contributed by atoms with van der Waals surface area (Å²) in [6.07, 6.45) is 6.37. The van der Waals surface area contributed by atoms with Gasteiger partial charge in [0.05, 0.1) is 13.1 Å². The van der Waals surface area contributed by atoms with Crippen molar-refractivity contribution in [3.8, 4) is 0 Å². The summed E-state index contributed by atoms with van der Waals surface area (Å²) in [5, 5.41) is 18.7. The van der Waals surface area contributed by atoms with E-state index in [0.717, 1.165) is 44.4 Å². The topological polar surface area (TPSA) is 85.0 Å². The van der Waals surface area contributed by atoms with Crippen molar-refractivity contribution in [3.05, 3.63) is 30.6 Å². The summed E-state index contributed by atoms with van der Waals surface area (Å²) in [4.78, 5) is 4.54. The monoisotopic (exact) mass is 304 g/mol. The molecule has 2 aromatic heterocycles. The second-order valence-electron chi connectivity index (χ2n) is 4.75. The second kappa shape index (κ2) is 8.81. The molecule has 0 aliphatic rings. The van der Waals surface area contributed by atoms with Crippen LogP contribution >= 0.6 is 0 Å². The molecule has 0 saturated carbocycles. The molecule has 0 aliphatic heterocycles. The van der Waals surface area contributed by atoms with Gasteiger partial charge < -0.3 is 15.2 Å². The maximum Gasteiger partial charge on any atom is 0.191 e. The third kappa shape index (κ3) is 4.87. The molecule has 8 heteroatoms. The molecule has 22 heavy (non-hydrogen) atoms. The van der Waals surface area contributed by atoms with Crippen LogP contribution in [0, 0.1) is 0 Å². The number of hydrogen-bond acceptors (Lipinski definition) is 4. The van der Waals surface area contributed by atoms with E-state index in [2.05, 4.69) is 49.3 Å². The Labute approximate surface area is 130 Å². The fraction of sp³-hybridized carbons (Fsp3) is 0.571. The van der Waals surface area contributed by atoms with Crippen molar-refractivity contribution in [2.45, 2.75) is 33.4 Å². The van der Waals surface area contributed by atoms with E-state index >= 15 is 0 Å². The number of nitrogens with one attached hydrogen (secondary N) is 2. The van der Waals surface area contributed by atoms with Gasteiger partial charge in [0.2, 0.25) is 0 Å². The van der Waals surface area contributed by atoms with Crippen LogP contribution in [0.5, 0.6) is 0 Å². The summed E-state index contributed by atoms with van der Waals surface area (Å²) >= 11 is 0. The van der Waals surface area contributed by atoms with Gasteiger partial charge in [-0.2, -0.15) is 5.10 Å². The van der Waals surface area contributed by atoms with Crippen molar-refractivity contribution < 1.29 is 0 Å². The zero-order valence-corrected chi connectivity index (χ0v) is 13.2. The highest BCUT2D eigenvalue weighted by Crippen LogP contribution is 1.94. The molecule has 120 valence electrons. The number of rotatable bonds is 8. The van der Waals surface area contributed by atoms with Crippen LogP contribution in [0.25, 0.3) is 0 Å². The Balaban J connectivity index is 1.78. The molecule has 0 amide bonds. The van der Waals surface area contributed by atoms with E-state index in [1.54, 1.807) is 12.5 Å². The smallest absolute Gasteiger partial charge is 0.191 e. The zero-order valence-electron chi connectivity index (χ0n) is 13.2. The maximum absolute atomic E-state index is 4.54. The first-order valence-corrected chi connectivity index (χ1v) is 7.69. The summed E-state index contributed by atoms with van der Waals surface area (Å²) < 4.78 is 3.93. The number of aromatic nitrogens is 5. The first-order valence-electron chi connectivity index (χ1n) is 7.69. The Morgan fingerprint density at radius 2 is 2.18 bits per heavy atom. The largest absolute Gasteiger partial charge is 0.357 e. The number of aryl methyl sites for hydroxylation is 1. The summed E-state index contributed by atoms with van der Waals surface area (Å²) in [5.41, 5.74) is 0. The van der Waals surface area contributed by atoms with Crippen molar-refractivity contribution in [3.63, 3.8) is 0 Å². The van der Waals surface area contributed by atoms with Crippen molar-refractivity contribution in [1.82, 2.24) is 35.2 Å². The fourth-order valence-electron chi connectivity index (χ4n) is 2.07. The average Bonchev–Trinajstić information content (AvgIpc) is 3.18. The van der Waals surface area contributed by atoms with Crippen LogP contribution in [0.4, 0.5) is 0 Å². The number of nitrogens with zero attached hydrogens (tertiary/aromatic N) is 6. The quantitative estimate of drug-likeness (QED) is 0.541. The lowest BCUT2D eigenvalue weighted by Gasteiger charge is -2.12. The third-order valence-corrected chi connectivity index (χ3v) is 3.16. The Morgan fingerprint density at radius 3 is 2.91 bits per heavy atom. The Bertz CT molecular complexity index is 557. The van der Waals surface area contributed by atoms with Crippen LogP contribution in [-0.4, -0.2) is 50.1 Å². The Kier molecular flexibility index (Phi) is 6.40. The predicted molar refractivity (Wildman–Crippen MR) is 85.6 cm³/mol. The van der Waals surface area contributed by atoms with Gasteiger partial charge in [0.25, 0.3) is 0 Å². The van der Waals surface area contributed by atoms with E-state index in [4.69, 9.17) is 0 Å². The molecule has 0 saturated heterocycles. The molecule has 2 heterocycles. The first kappa shape index (κ1) is 16.0. The molecule has 0 bridgehead atoms. The highest BCUT2D eigenvalue weighted by molar-refractivity contribution is 5.79. The van der Waals surface area contributed by atoms with Crippen LogP contribution in [-0.2, 0) is 19.5 Å². The predicted octanol–water partition coefficient (Wildman–Crippen LogP) is 0.292. The van der Waals surface area contributed by atoms with Gasteiger partial charge in [-0.25, -0.2) is 0 Å². The van der Waals surface area contributed by atoms with Gasteiger partial charge in [0, 0.05) is 38.4 Å². The minimum atomic E-state index is 0.684. The van der Waals surface area contributed by atoms with Gasteiger partial charge in [0.15, 0.2) is 5.96 Å². The van der Waals surface area contributed by atoms with Crippen LogP contribution in [0.1, 0.15) is 19.7 Å². The zero-order chi connectivity index (χ0) is 15.6. The average molecular weight is 304 g/mol. The van der Waals surface area contributed by atoms with Crippen LogP contribution in [0.2, 0.25) is 0 Å². The minimum absolute atomic E-state index is 0.684. The summed E-state index contributed by atoms with van der Waals surface area (Å²) in [6, 6.07) is 1.91. The van der Waals surface area contributed by atoms with Crippen LogP contribution < -0.4 is 10.6 Å². The molecule has 0 atom stereocenters. The number of aliphatic imine (C=N–C) groups is 1. The molecular weight excluding hydrogens is 280 g/mol. The molecular formula is C14H24N8. The Hall–Kier alpha value is -2.38. The molecule has 2 aromatic rings. The van der Waals surface area contributed by atoms with E-state index in [0.29, 0.717) is 6.54 Å². The normalized spacial score (nSPS) is 11.6. The molecule has 8 nitrogen and oxygen atoms in total. The highest BCUT2D eigenvalue weighted by atomic mass is 15.3. The molecule has 0 spiro atoms. The van der Waals surface area contributed by atoms with E-state index in [1.807, 2.05) is 16.9 Å². The van der Waals surface area contributed by atoms with Crippen LogP contribution in [0.3, 0.4) is 0 Å². The third-order valence-electron chi connectivity index (χ3n) is 3.16. The second-order valence-corrected chi connectivity index (χ2v) is 4.75. The first-order chi connectivity index (χ1) is 10.8. The van der Waals surface area contributed by atoms with E-state index in [9.17, 15) is 0 Å². The summed E-state index contributed by atoms with van der Waals surface area (Å²) in [7, 11) is 0. The van der Waals surface area contributed by atoms with Gasteiger partial charge in [-0.3, -0.25) is 9.67 Å². The molecule has 0 fully saturated rings. The van der Waals surface area contributed by atoms with Gasteiger partial charge in [-0.15, -0.1) is 10.2 Å². The van der Waals surface area contributed by atoms with Crippen molar-refractivity contribution in [2.24, 2.45) is 4.99 Å². The summed E-state index contributed by atoms with van der Waals surface area (Å²) in [6.45, 7) is 8.02. The van der Waals surface area contributed by atoms with E-state index in [1.165, 1.54) is 0 Å². The van der Waals surface area contributed by atoms with Gasteiger partial charge >= 0.3 is 0 Å². The summed E-state index contributed by atoms with van der Waals surface area (Å²) in [5.74, 6) is 1.82. The standard InChI is InChI=1S/C14H24N8/c1-3-13-20-18-12-21(13)10-7-16-14(15-4-2)17-8-11-22-9-5-6-19-22/h5-6,9,12H,3-4,7-8,10-11H2,1-2H3,(H2,15,16,17). The lowest BCUT2D eigenvalue weighted by molar-refractivity contribution is 0.614. The van der Waals surface area contributed by atoms with E-state index in [-0.39, 0.29) is 0 Å². The maximum atomic E-state index is 4.54. The molecule has 0 radical (unpaired) electrons. The van der Waals surface area contributed by atoms with Crippen molar-refractivity contribution >= 4 is 5.96 Å². The number of guanidine groups is 1. The van der Waals surface area contributed by atoms with Crippen molar-refractivity contribution in [1.29, 1.82) is 0 Å². The van der Waals surface area contributed by atoms with Gasteiger partial charge in [0.1, 0.15) is 12.2 Å². The molecule has 2 N–H and O–H groups in total. The SMILES string of the molecule is CCNC(=NCCn1cccn1)NCCn1cnnc1CC. The molecule has 2 rings (SSSR count). The van der Waals surface area contributed by atoms with E-state index < -0.39 is 0 Å². The van der Waals surface area contributed by atoms with Crippen LogP contribution in [0.15, 0.2) is 29.8 Å². The highest BCUT2D eigenvalue weighted by Gasteiger charge is 2.02. The molecule has 0 unspecified atom stereocenters. The van der Waals surface area contributed by atoms with Gasteiger partial charge in [-0.05, 0) is 13.0 Å². The van der Waals surface area contributed by atoms with Gasteiger partial charge in [-0.1, -0.05) is 6.92 Å². The Morgan fingerprint density at radius 1 is 1.27 bits per heavy atom. The fourth-order valence-corrected chi connectivity index (χ4v) is 2.07.